The third-order valence-electron chi connectivity index (χ3n) is 3.03. The largest absolute Gasteiger partial charge is 0.484 e. The SMILES string of the molecule is CNC(=O)COc1ccc(S(=O)(=O)Nc2cccc(C#N)c2)cc1. The van der Waals surface area contributed by atoms with E-state index in [4.69, 9.17) is 10.00 Å². The second kappa shape index (κ2) is 7.48. The molecule has 0 fully saturated rings. The molecule has 2 rings (SSSR count). The third kappa shape index (κ3) is 4.47. The second-order valence-electron chi connectivity index (χ2n) is 4.73. The van der Waals surface area contributed by atoms with E-state index in [1.165, 1.54) is 37.4 Å². The Balaban J connectivity index is 2.11. The standard InChI is InChI=1S/C16H15N3O4S/c1-18-16(20)11-23-14-5-7-15(8-6-14)24(21,22)19-13-4-2-3-12(9-13)10-17/h2-9,19H,11H2,1H3,(H,18,20). The lowest BCUT2D eigenvalue weighted by Crippen LogP contribution is -2.24. The van der Waals surface area contributed by atoms with E-state index in [2.05, 4.69) is 10.0 Å². The van der Waals surface area contributed by atoms with Crippen LogP contribution in [0.3, 0.4) is 0 Å². The van der Waals surface area contributed by atoms with Crippen LogP contribution in [0.1, 0.15) is 5.56 Å². The molecule has 2 N–H and O–H groups in total. The zero-order valence-electron chi connectivity index (χ0n) is 12.8. The lowest BCUT2D eigenvalue weighted by molar-refractivity contribution is -0.122. The van der Waals surface area contributed by atoms with Crippen molar-refractivity contribution in [3.05, 3.63) is 54.1 Å². The highest BCUT2D eigenvalue weighted by molar-refractivity contribution is 7.92. The number of likely N-dealkylation sites (N-methyl/N-ethyl adjacent to an activating group) is 1. The number of sulfonamides is 1. The number of ether oxygens (including phenoxy) is 1. The van der Waals surface area contributed by atoms with Crippen LogP contribution >= 0.6 is 0 Å². The Morgan fingerprint density at radius 2 is 1.92 bits per heavy atom. The van der Waals surface area contributed by atoms with E-state index >= 15 is 0 Å². The van der Waals surface area contributed by atoms with Crippen molar-refractivity contribution in [2.45, 2.75) is 4.90 Å². The van der Waals surface area contributed by atoms with Crippen molar-refractivity contribution in [1.82, 2.24) is 5.32 Å². The van der Waals surface area contributed by atoms with E-state index in [0.717, 1.165) is 0 Å². The minimum absolute atomic E-state index is 0.0390. The van der Waals surface area contributed by atoms with Gasteiger partial charge in [-0.05, 0) is 42.5 Å². The van der Waals surface area contributed by atoms with Gasteiger partial charge >= 0.3 is 0 Å². The van der Waals surface area contributed by atoms with Crippen LogP contribution in [-0.4, -0.2) is 28.0 Å². The van der Waals surface area contributed by atoms with E-state index in [0.29, 0.717) is 17.0 Å². The van der Waals surface area contributed by atoms with Crippen molar-refractivity contribution in [1.29, 1.82) is 5.26 Å². The number of carbonyl (C=O) groups is 1. The first kappa shape index (κ1) is 17.3. The minimum Gasteiger partial charge on any atom is -0.484 e. The molecule has 0 bridgehead atoms. The number of nitrogens with zero attached hydrogens (tertiary/aromatic N) is 1. The molecular formula is C16H15N3O4S. The Morgan fingerprint density at radius 1 is 1.21 bits per heavy atom. The van der Waals surface area contributed by atoms with Crippen LogP contribution in [0.5, 0.6) is 5.75 Å². The van der Waals surface area contributed by atoms with E-state index in [-0.39, 0.29) is 17.4 Å². The summed E-state index contributed by atoms with van der Waals surface area (Å²) < 4.78 is 32.3. The molecule has 0 saturated heterocycles. The molecule has 1 amide bonds. The molecule has 0 aromatic heterocycles. The molecule has 0 unspecified atom stereocenters. The summed E-state index contributed by atoms with van der Waals surface area (Å²) in [4.78, 5) is 11.1. The maximum absolute atomic E-state index is 12.3. The van der Waals surface area contributed by atoms with Crippen LogP contribution in [0.4, 0.5) is 5.69 Å². The minimum atomic E-state index is -3.79. The fourth-order valence-corrected chi connectivity index (χ4v) is 2.85. The number of hydrogen-bond donors (Lipinski definition) is 2. The summed E-state index contributed by atoms with van der Waals surface area (Å²) in [6.07, 6.45) is 0. The molecule has 0 aliphatic heterocycles. The highest BCUT2D eigenvalue weighted by Gasteiger charge is 2.14. The molecule has 124 valence electrons. The summed E-state index contributed by atoms with van der Waals surface area (Å²) in [6.45, 7) is -0.151. The molecule has 8 heteroatoms. The topological polar surface area (TPSA) is 108 Å². The Bertz CT molecular complexity index is 871. The predicted octanol–water partition coefficient (Wildman–Crippen LogP) is 1.48. The molecule has 0 atom stereocenters. The van der Waals surface area contributed by atoms with Crippen LogP contribution in [0, 0.1) is 11.3 Å². The Labute approximate surface area is 139 Å². The highest BCUT2D eigenvalue weighted by atomic mass is 32.2. The van der Waals surface area contributed by atoms with Crippen molar-refractivity contribution in [3.63, 3.8) is 0 Å². The second-order valence-corrected chi connectivity index (χ2v) is 6.41. The molecule has 0 aliphatic carbocycles. The first-order valence-electron chi connectivity index (χ1n) is 6.91. The molecule has 2 aromatic carbocycles. The summed E-state index contributed by atoms with van der Waals surface area (Å²) in [6, 6.07) is 13.8. The van der Waals surface area contributed by atoms with Gasteiger partial charge in [-0.15, -0.1) is 0 Å². The number of nitriles is 1. The van der Waals surface area contributed by atoms with Crippen LogP contribution < -0.4 is 14.8 Å². The number of hydrogen-bond acceptors (Lipinski definition) is 5. The summed E-state index contributed by atoms with van der Waals surface area (Å²) >= 11 is 0. The average molecular weight is 345 g/mol. The van der Waals surface area contributed by atoms with E-state index in [9.17, 15) is 13.2 Å². The molecule has 0 aliphatic rings. The van der Waals surface area contributed by atoms with Crippen LogP contribution in [0.2, 0.25) is 0 Å². The van der Waals surface area contributed by atoms with Gasteiger partial charge in [0.1, 0.15) is 5.75 Å². The fraction of sp³-hybridized carbons (Fsp3) is 0.125. The quantitative estimate of drug-likeness (QED) is 0.824. The van der Waals surface area contributed by atoms with Crippen molar-refractivity contribution >= 4 is 21.6 Å². The van der Waals surface area contributed by atoms with Gasteiger partial charge in [-0.25, -0.2) is 8.42 Å². The number of anilines is 1. The van der Waals surface area contributed by atoms with Gasteiger partial charge in [0.05, 0.1) is 22.2 Å². The predicted molar refractivity (Wildman–Crippen MR) is 88.0 cm³/mol. The fourth-order valence-electron chi connectivity index (χ4n) is 1.80. The van der Waals surface area contributed by atoms with Crippen molar-refractivity contribution < 1.29 is 17.9 Å². The van der Waals surface area contributed by atoms with Gasteiger partial charge in [-0.2, -0.15) is 5.26 Å². The number of benzene rings is 2. The van der Waals surface area contributed by atoms with Crippen LogP contribution in [0.25, 0.3) is 0 Å². The lowest BCUT2D eigenvalue weighted by Gasteiger charge is -2.09. The Hall–Kier alpha value is -3.05. The van der Waals surface area contributed by atoms with E-state index in [1.54, 1.807) is 18.2 Å². The summed E-state index contributed by atoms with van der Waals surface area (Å²) in [5.74, 6) is 0.0924. The number of rotatable bonds is 6. The van der Waals surface area contributed by atoms with Gasteiger partial charge in [0.15, 0.2) is 6.61 Å². The summed E-state index contributed by atoms with van der Waals surface area (Å²) in [7, 11) is -2.29. The normalized spacial score (nSPS) is 10.5. The third-order valence-corrected chi connectivity index (χ3v) is 4.42. The van der Waals surface area contributed by atoms with Gasteiger partial charge in [0, 0.05) is 7.05 Å². The Kier molecular flexibility index (Phi) is 5.39. The molecule has 0 spiro atoms. The first-order valence-corrected chi connectivity index (χ1v) is 8.39. The molecule has 2 aromatic rings. The molecule has 24 heavy (non-hydrogen) atoms. The molecule has 7 nitrogen and oxygen atoms in total. The summed E-state index contributed by atoms with van der Waals surface area (Å²) in [5.41, 5.74) is 0.655. The van der Waals surface area contributed by atoms with Crippen molar-refractivity contribution in [3.8, 4) is 11.8 Å². The van der Waals surface area contributed by atoms with Gasteiger partial charge in [-0.1, -0.05) is 6.07 Å². The zero-order valence-corrected chi connectivity index (χ0v) is 13.6. The lowest BCUT2D eigenvalue weighted by atomic mass is 10.2. The van der Waals surface area contributed by atoms with E-state index in [1.807, 2.05) is 6.07 Å². The number of nitrogens with one attached hydrogen (secondary N) is 2. The number of carbonyl (C=O) groups excluding carboxylic acids is 1. The molecular weight excluding hydrogens is 330 g/mol. The number of amides is 1. The van der Waals surface area contributed by atoms with Crippen molar-refractivity contribution in [2.24, 2.45) is 0 Å². The zero-order chi connectivity index (χ0) is 17.6. The van der Waals surface area contributed by atoms with Crippen LogP contribution in [-0.2, 0) is 14.8 Å². The van der Waals surface area contributed by atoms with Gasteiger partial charge in [0.25, 0.3) is 15.9 Å². The molecule has 0 saturated carbocycles. The molecule has 0 radical (unpaired) electrons. The molecule has 0 heterocycles. The van der Waals surface area contributed by atoms with Gasteiger partial charge in [-0.3, -0.25) is 9.52 Å². The smallest absolute Gasteiger partial charge is 0.261 e. The van der Waals surface area contributed by atoms with Crippen LogP contribution in [0.15, 0.2) is 53.4 Å². The maximum atomic E-state index is 12.3. The van der Waals surface area contributed by atoms with E-state index < -0.39 is 10.0 Å². The maximum Gasteiger partial charge on any atom is 0.261 e. The van der Waals surface area contributed by atoms with Gasteiger partial charge < -0.3 is 10.1 Å². The average Bonchev–Trinajstić information content (AvgIpc) is 2.59. The van der Waals surface area contributed by atoms with Crippen molar-refractivity contribution in [2.75, 3.05) is 18.4 Å². The van der Waals surface area contributed by atoms with Gasteiger partial charge in [0.2, 0.25) is 0 Å². The Morgan fingerprint density at radius 3 is 2.54 bits per heavy atom. The monoisotopic (exact) mass is 345 g/mol. The first-order chi connectivity index (χ1) is 11.4. The summed E-state index contributed by atoms with van der Waals surface area (Å²) in [5, 5.41) is 11.3. The highest BCUT2D eigenvalue weighted by Crippen LogP contribution is 2.19.